The smallest absolute Gasteiger partial charge is 0.164 e. The molecule has 0 amide bonds. The van der Waals surface area contributed by atoms with Crippen molar-refractivity contribution in [3.8, 4) is 55.9 Å². The van der Waals surface area contributed by atoms with Crippen molar-refractivity contribution in [1.82, 2.24) is 19.9 Å². The van der Waals surface area contributed by atoms with Crippen LogP contribution in [0.15, 0.2) is 170 Å². The van der Waals surface area contributed by atoms with E-state index >= 15 is 0 Å². The van der Waals surface area contributed by atoms with Crippen molar-refractivity contribution in [2.24, 2.45) is 0 Å². The number of rotatable bonds is 5. The molecule has 0 bridgehead atoms. The molecule has 0 N–H and O–H groups in total. The second kappa shape index (κ2) is 12.1. The molecule has 0 saturated carbocycles. The Kier molecular flexibility index (Phi) is 6.96. The highest BCUT2D eigenvalue weighted by Gasteiger charge is 2.15. The molecule has 0 aliphatic rings. The Morgan fingerprint density at radius 2 is 0.745 bits per heavy atom. The van der Waals surface area contributed by atoms with E-state index in [9.17, 15) is 0 Å². The van der Waals surface area contributed by atoms with Gasteiger partial charge < -0.3 is 0 Å². The zero-order chi connectivity index (χ0) is 33.7. The van der Waals surface area contributed by atoms with Crippen molar-refractivity contribution in [3.05, 3.63) is 170 Å². The molecule has 2 heterocycles. The van der Waals surface area contributed by atoms with E-state index in [-0.39, 0.29) is 0 Å². The molecule has 8 aromatic carbocycles. The summed E-state index contributed by atoms with van der Waals surface area (Å²) in [4.78, 5) is 19.7. The molecule has 0 atom stereocenters. The average molecular weight is 669 g/mol. The number of hydrogen-bond acceptors (Lipinski definition) is 5. The Hall–Kier alpha value is -6.56. The van der Waals surface area contributed by atoms with Crippen LogP contribution in [0.25, 0.3) is 98.4 Å². The zero-order valence-corrected chi connectivity index (χ0v) is 28.2. The Bertz CT molecular complexity index is 2810. The normalized spacial score (nSPS) is 11.5. The second-order valence-electron chi connectivity index (χ2n) is 12.7. The highest BCUT2D eigenvalue weighted by Crippen LogP contribution is 2.38. The average Bonchev–Trinajstić information content (AvgIpc) is 3.65. The van der Waals surface area contributed by atoms with Crippen LogP contribution in [0.1, 0.15) is 0 Å². The summed E-state index contributed by atoms with van der Waals surface area (Å²) in [5, 5.41) is 8.69. The molecule has 4 nitrogen and oxygen atoms in total. The summed E-state index contributed by atoms with van der Waals surface area (Å²) in [7, 11) is 0. The van der Waals surface area contributed by atoms with Gasteiger partial charge in [-0.1, -0.05) is 146 Å². The standard InChI is InChI=1S/C46H28N4S/c1-3-11-30(12-4-1)43-48-44(31-13-5-2-6-14-31)50-45(49-43)34-24-26-42-41(28-34)47-46(51-42)32-21-19-29(20-22-32)33-23-25-39-37-17-8-7-15-35(37)36-16-9-10-18-38(36)40(39)27-33/h1-28H. The summed E-state index contributed by atoms with van der Waals surface area (Å²) in [6.45, 7) is 0. The number of aromatic nitrogens is 4. The number of benzene rings is 8. The fourth-order valence-corrected chi connectivity index (χ4v) is 7.97. The predicted octanol–water partition coefficient (Wildman–Crippen LogP) is 12.3. The van der Waals surface area contributed by atoms with E-state index in [1.807, 2.05) is 60.7 Å². The van der Waals surface area contributed by atoms with Crippen LogP contribution in [0.2, 0.25) is 0 Å². The van der Waals surface area contributed by atoms with E-state index < -0.39 is 0 Å². The van der Waals surface area contributed by atoms with E-state index in [2.05, 4.69) is 109 Å². The van der Waals surface area contributed by atoms with E-state index in [1.54, 1.807) is 11.3 Å². The summed E-state index contributed by atoms with van der Waals surface area (Å²) < 4.78 is 1.12. The first-order valence-electron chi connectivity index (χ1n) is 17.0. The minimum atomic E-state index is 0.625. The van der Waals surface area contributed by atoms with Gasteiger partial charge in [0.25, 0.3) is 0 Å². The molecule has 0 aliphatic heterocycles. The summed E-state index contributed by atoms with van der Waals surface area (Å²) >= 11 is 1.70. The van der Waals surface area contributed by atoms with Crippen molar-refractivity contribution >= 4 is 53.9 Å². The van der Waals surface area contributed by atoms with Crippen LogP contribution in [0.4, 0.5) is 0 Å². The number of thiazole rings is 1. The molecule has 238 valence electrons. The number of nitrogens with zero attached hydrogens (tertiary/aromatic N) is 4. The van der Waals surface area contributed by atoms with Gasteiger partial charge in [-0.05, 0) is 67.7 Å². The zero-order valence-electron chi connectivity index (χ0n) is 27.4. The van der Waals surface area contributed by atoms with Crippen molar-refractivity contribution < 1.29 is 0 Å². The molecule has 0 spiro atoms. The van der Waals surface area contributed by atoms with Crippen LogP contribution in [0.5, 0.6) is 0 Å². The van der Waals surface area contributed by atoms with Crippen molar-refractivity contribution in [1.29, 1.82) is 0 Å². The molecule has 2 aromatic heterocycles. The van der Waals surface area contributed by atoms with Crippen LogP contribution < -0.4 is 0 Å². The topological polar surface area (TPSA) is 51.6 Å². The highest BCUT2D eigenvalue weighted by atomic mass is 32.1. The van der Waals surface area contributed by atoms with Crippen molar-refractivity contribution in [2.75, 3.05) is 0 Å². The molecule has 0 radical (unpaired) electrons. The highest BCUT2D eigenvalue weighted by molar-refractivity contribution is 7.21. The molecule has 0 saturated heterocycles. The lowest BCUT2D eigenvalue weighted by molar-refractivity contribution is 1.07. The van der Waals surface area contributed by atoms with Crippen molar-refractivity contribution in [2.45, 2.75) is 0 Å². The summed E-state index contributed by atoms with van der Waals surface area (Å²) in [6.07, 6.45) is 0. The third-order valence-electron chi connectivity index (χ3n) is 9.55. The maximum absolute atomic E-state index is 5.08. The second-order valence-corrected chi connectivity index (χ2v) is 13.7. The summed E-state index contributed by atoms with van der Waals surface area (Å²) in [5.74, 6) is 1.91. The van der Waals surface area contributed by atoms with Gasteiger partial charge in [-0.2, -0.15) is 0 Å². The minimum absolute atomic E-state index is 0.625. The van der Waals surface area contributed by atoms with Crippen LogP contribution in [-0.4, -0.2) is 19.9 Å². The van der Waals surface area contributed by atoms with Crippen molar-refractivity contribution in [3.63, 3.8) is 0 Å². The number of fused-ring (bicyclic) bond motifs is 7. The molecule has 10 rings (SSSR count). The van der Waals surface area contributed by atoms with E-state index in [1.165, 1.54) is 43.4 Å². The SMILES string of the molecule is c1ccc(-c2nc(-c3ccccc3)nc(-c3ccc4sc(-c5ccc(-c6ccc7c8ccccc8c8ccccc8c7c6)cc5)nc4c3)n2)cc1. The first-order valence-corrected chi connectivity index (χ1v) is 17.8. The van der Waals surface area contributed by atoms with E-state index in [0.717, 1.165) is 37.5 Å². The van der Waals surface area contributed by atoms with Crippen LogP contribution in [-0.2, 0) is 0 Å². The fourth-order valence-electron chi connectivity index (χ4n) is 7.02. The van der Waals surface area contributed by atoms with Gasteiger partial charge in [-0.25, -0.2) is 19.9 Å². The van der Waals surface area contributed by atoms with Crippen LogP contribution in [0, 0.1) is 0 Å². The van der Waals surface area contributed by atoms with Gasteiger partial charge >= 0.3 is 0 Å². The van der Waals surface area contributed by atoms with Gasteiger partial charge in [0, 0.05) is 22.3 Å². The lowest BCUT2D eigenvalue weighted by Gasteiger charge is -2.12. The molecule has 0 unspecified atom stereocenters. The summed E-state index contributed by atoms with van der Waals surface area (Å²) in [6, 6.07) is 59.5. The minimum Gasteiger partial charge on any atom is -0.236 e. The predicted molar refractivity (Wildman–Crippen MR) is 213 cm³/mol. The lowest BCUT2D eigenvalue weighted by Crippen LogP contribution is -2.00. The first kappa shape index (κ1) is 29.4. The van der Waals surface area contributed by atoms with Gasteiger partial charge in [-0.15, -0.1) is 11.3 Å². The lowest BCUT2D eigenvalue weighted by atomic mass is 9.92. The Morgan fingerprint density at radius 3 is 1.33 bits per heavy atom. The molecule has 0 fully saturated rings. The van der Waals surface area contributed by atoms with E-state index in [4.69, 9.17) is 19.9 Å². The van der Waals surface area contributed by atoms with Gasteiger partial charge in [0.15, 0.2) is 17.5 Å². The summed E-state index contributed by atoms with van der Waals surface area (Å²) in [5.41, 5.74) is 7.20. The Morgan fingerprint density at radius 1 is 0.294 bits per heavy atom. The molecular formula is C46H28N4S. The van der Waals surface area contributed by atoms with E-state index in [0.29, 0.717) is 17.5 Å². The first-order chi connectivity index (χ1) is 25.2. The van der Waals surface area contributed by atoms with Gasteiger partial charge in [0.1, 0.15) is 5.01 Å². The van der Waals surface area contributed by atoms with Crippen LogP contribution >= 0.6 is 11.3 Å². The van der Waals surface area contributed by atoms with Gasteiger partial charge in [0.05, 0.1) is 10.2 Å². The van der Waals surface area contributed by atoms with Crippen LogP contribution in [0.3, 0.4) is 0 Å². The number of hydrogen-bond donors (Lipinski definition) is 0. The maximum atomic E-state index is 5.08. The largest absolute Gasteiger partial charge is 0.236 e. The van der Waals surface area contributed by atoms with Gasteiger partial charge in [0.2, 0.25) is 0 Å². The molecular weight excluding hydrogens is 641 g/mol. The van der Waals surface area contributed by atoms with Gasteiger partial charge in [-0.3, -0.25) is 0 Å². The molecule has 0 aliphatic carbocycles. The quantitative estimate of drug-likeness (QED) is 0.171. The third kappa shape index (κ3) is 5.23. The molecule has 51 heavy (non-hydrogen) atoms. The monoisotopic (exact) mass is 668 g/mol. The third-order valence-corrected chi connectivity index (χ3v) is 10.6. The Balaban J connectivity index is 1.00. The fraction of sp³-hybridized carbons (Fsp3) is 0. The molecule has 5 heteroatoms. The maximum Gasteiger partial charge on any atom is 0.164 e. The molecule has 10 aromatic rings. The Labute approximate surface area is 298 Å².